The third-order valence-electron chi connectivity index (χ3n) is 2.80. The highest BCUT2D eigenvalue weighted by Gasteiger charge is 2.30. The van der Waals surface area contributed by atoms with Crippen LogP contribution in [0.5, 0.6) is 0 Å². The summed E-state index contributed by atoms with van der Waals surface area (Å²) in [5, 5.41) is 11.5. The Morgan fingerprint density at radius 1 is 1.56 bits per heavy atom. The lowest BCUT2D eigenvalue weighted by Crippen LogP contribution is -2.14. The summed E-state index contributed by atoms with van der Waals surface area (Å²) in [6.45, 7) is 4.19. The number of ether oxygens (including phenoxy) is 1. The zero-order valence-electron chi connectivity index (χ0n) is 10.1. The minimum absolute atomic E-state index is 0.0612. The lowest BCUT2D eigenvalue weighted by molar-refractivity contribution is -0.389. The molecule has 0 bridgehead atoms. The molecule has 1 aliphatic heterocycles. The Labute approximate surface area is 108 Å². The molecule has 1 aromatic rings. The standard InChI is InChI=1S/C10H14N4O3S/c1-5-8(14(15)16)9(13-10(11)12-5)18-7-3-4-17-6(7)2/h6-7H,3-4H2,1-2H3,(H2,11,12,13). The number of rotatable bonds is 3. The van der Waals surface area contributed by atoms with Gasteiger partial charge in [-0.1, -0.05) is 11.8 Å². The van der Waals surface area contributed by atoms with Gasteiger partial charge in [0, 0.05) is 11.9 Å². The third-order valence-corrected chi connectivity index (χ3v) is 4.23. The van der Waals surface area contributed by atoms with Crippen molar-refractivity contribution in [1.29, 1.82) is 0 Å². The molecular weight excluding hydrogens is 256 g/mol. The van der Waals surface area contributed by atoms with Crippen LogP contribution in [0.1, 0.15) is 19.0 Å². The van der Waals surface area contributed by atoms with E-state index in [0.29, 0.717) is 17.3 Å². The second kappa shape index (κ2) is 5.07. The molecule has 0 aliphatic carbocycles. The summed E-state index contributed by atoms with van der Waals surface area (Å²) in [5.74, 6) is 0.0622. The molecule has 0 radical (unpaired) electrons. The van der Waals surface area contributed by atoms with E-state index in [9.17, 15) is 10.1 Å². The van der Waals surface area contributed by atoms with Gasteiger partial charge in [0.15, 0.2) is 5.03 Å². The number of hydrogen-bond donors (Lipinski definition) is 1. The lowest BCUT2D eigenvalue weighted by Gasteiger charge is -2.13. The van der Waals surface area contributed by atoms with Gasteiger partial charge in [-0.3, -0.25) is 10.1 Å². The number of anilines is 1. The topological polar surface area (TPSA) is 104 Å². The van der Waals surface area contributed by atoms with Crippen LogP contribution in [-0.2, 0) is 4.74 Å². The summed E-state index contributed by atoms with van der Waals surface area (Å²) < 4.78 is 5.43. The number of aromatic nitrogens is 2. The Balaban J connectivity index is 2.33. The van der Waals surface area contributed by atoms with E-state index < -0.39 is 4.92 Å². The molecule has 1 fully saturated rings. The van der Waals surface area contributed by atoms with Gasteiger partial charge < -0.3 is 10.5 Å². The van der Waals surface area contributed by atoms with E-state index >= 15 is 0 Å². The first-order chi connectivity index (χ1) is 8.49. The molecule has 2 rings (SSSR count). The second-order valence-corrected chi connectivity index (χ2v) is 5.33. The summed E-state index contributed by atoms with van der Waals surface area (Å²) in [6, 6.07) is 0. The molecule has 7 nitrogen and oxygen atoms in total. The van der Waals surface area contributed by atoms with Crippen molar-refractivity contribution in [3.8, 4) is 0 Å². The maximum absolute atomic E-state index is 11.0. The fourth-order valence-electron chi connectivity index (χ4n) is 1.86. The van der Waals surface area contributed by atoms with Gasteiger partial charge >= 0.3 is 5.69 Å². The maximum Gasteiger partial charge on any atom is 0.322 e. The monoisotopic (exact) mass is 270 g/mol. The molecule has 0 saturated carbocycles. The van der Waals surface area contributed by atoms with Crippen molar-refractivity contribution >= 4 is 23.4 Å². The first-order valence-corrected chi connectivity index (χ1v) is 6.43. The van der Waals surface area contributed by atoms with Gasteiger partial charge in [0.05, 0.1) is 11.0 Å². The SMILES string of the molecule is Cc1nc(N)nc(SC2CCOC2C)c1[N+](=O)[O-]. The average molecular weight is 270 g/mol. The largest absolute Gasteiger partial charge is 0.377 e. The number of aryl methyl sites for hydroxylation is 1. The predicted octanol–water partition coefficient (Wildman–Crippen LogP) is 1.54. The van der Waals surface area contributed by atoms with Crippen LogP contribution in [0.4, 0.5) is 11.6 Å². The van der Waals surface area contributed by atoms with Gasteiger partial charge in [0.2, 0.25) is 5.95 Å². The molecule has 2 atom stereocenters. The minimum atomic E-state index is -0.461. The average Bonchev–Trinajstić information content (AvgIpc) is 2.62. The number of thioether (sulfide) groups is 1. The molecule has 0 spiro atoms. The van der Waals surface area contributed by atoms with E-state index in [1.807, 2.05) is 6.92 Å². The number of hydrogen-bond acceptors (Lipinski definition) is 7. The van der Waals surface area contributed by atoms with Gasteiger partial charge in [-0.2, -0.15) is 4.98 Å². The molecule has 2 heterocycles. The minimum Gasteiger partial charge on any atom is -0.377 e. The molecule has 2 unspecified atom stereocenters. The van der Waals surface area contributed by atoms with Crippen LogP contribution in [0.15, 0.2) is 5.03 Å². The quantitative estimate of drug-likeness (QED) is 0.504. The van der Waals surface area contributed by atoms with Crippen molar-refractivity contribution in [3.05, 3.63) is 15.8 Å². The van der Waals surface area contributed by atoms with Crippen LogP contribution in [-0.4, -0.2) is 32.9 Å². The molecule has 1 aliphatic rings. The van der Waals surface area contributed by atoms with Gasteiger partial charge in [0.1, 0.15) is 5.69 Å². The van der Waals surface area contributed by atoms with Crippen molar-refractivity contribution in [1.82, 2.24) is 9.97 Å². The van der Waals surface area contributed by atoms with Gasteiger partial charge in [0.25, 0.3) is 0 Å². The molecule has 1 aromatic heterocycles. The Morgan fingerprint density at radius 2 is 2.28 bits per heavy atom. The van der Waals surface area contributed by atoms with Crippen LogP contribution < -0.4 is 5.73 Å². The predicted molar refractivity (Wildman–Crippen MR) is 67.5 cm³/mol. The molecule has 18 heavy (non-hydrogen) atoms. The van der Waals surface area contributed by atoms with Crippen LogP contribution in [0.2, 0.25) is 0 Å². The molecular formula is C10H14N4O3S. The van der Waals surface area contributed by atoms with Crippen molar-refractivity contribution in [2.45, 2.75) is 36.6 Å². The Morgan fingerprint density at radius 3 is 2.83 bits per heavy atom. The van der Waals surface area contributed by atoms with Crippen LogP contribution in [0.3, 0.4) is 0 Å². The zero-order chi connectivity index (χ0) is 13.3. The van der Waals surface area contributed by atoms with Gasteiger partial charge in [-0.25, -0.2) is 4.98 Å². The number of nitro groups is 1. The Bertz CT molecular complexity index is 482. The van der Waals surface area contributed by atoms with Crippen LogP contribution in [0.25, 0.3) is 0 Å². The molecule has 0 amide bonds. The van der Waals surface area contributed by atoms with Crippen molar-refractivity contribution in [3.63, 3.8) is 0 Å². The normalized spacial score (nSPS) is 23.2. The van der Waals surface area contributed by atoms with E-state index in [1.54, 1.807) is 6.92 Å². The second-order valence-electron chi connectivity index (χ2n) is 4.10. The number of nitrogen functional groups attached to an aromatic ring is 1. The van der Waals surface area contributed by atoms with Crippen molar-refractivity contribution < 1.29 is 9.66 Å². The van der Waals surface area contributed by atoms with E-state index in [0.717, 1.165) is 6.42 Å². The lowest BCUT2D eigenvalue weighted by atomic mass is 10.3. The molecule has 1 saturated heterocycles. The first-order valence-electron chi connectivity index (χ1n) is 5.55. The Kier molecular flexibility index (Phi) is 3.67. The summed E-state index contributed by atoms with van der Waals surface area (Å²) in [4.78, 5) is 18.4. The summed E-state index contributed by atoms with van der Waals surface area (Å²) in [5.41, 5.74) is 5.78. The Hall–Kier alpha value is -1.41. The summed E-state index contributed by atoms with van der Waals surface area (Å²) >= 11 is 1.34. The fourth-order valence-corrected chi connectivity index (χ4v) is 3.12. The highest BCUT2D eigenvalue weighted by molar-refractivity contribution is 8.00. The molecule has 98 valence electrons. The summed E-state index contributed by atoms with van der Waals surface area (Å²) in [6.07, 6.45) is 0.914. The highest BCUT2D eigenvalue weighted by atomic mass is 32.2. The van der Waals surface area contributed by atoms with E-state index in [1.165, 1.54) is 11.8 Å². The maximum atomic E-state index is 11.0. The van der Waals surface area contributed by atoms with E-state index in [2.05, 4.69) is 9.97 Å². The number of nitrogens with zero attached hydrogens (tertiary/aromatic N) is 3. The van der Waals surface area contributed by atoms with E-state index in [-0.39, 0.29) is 23.0 Å². The molecule has 8 heteroatoms. The van der Waals surface area contributed by atoms with Crippen molar-refractivity contribution in [2.24, 2.45) is 0 Å². The first kappa shape index (κ1) is 13.0. The molecule has 2 N–H and O–H groups in total. The van der Waals surface area contributed by atoms with Crippen molar-refractivity contribution in [2.75, 3.05) is 12.3 Å². The third kappa shape index (κ3) is 2.54. The van der Waals surface area contributed by atoms with Gasteiger partial charge in [-0.05, 0) is 20.3 Å². The van der Waals surface area contributed by atoms with E-state index in [4.69, 9.17) is 10.5 Å². The summed E-state index contributed by atoms with van der Waals surface area (Å²) in [7, 11) is 0. The molecule has 0 aromatic carbocycles. The van der Waals surface area contributed by atoms with Crippen LogP contribution >= 0.6 is 11.8 Å². The van der Waals surface area contributed by atoms with Crippen LogP contribution in [0, 0.1) is 17.0 Å². The smallest absolute Gasteiger partial charge is 0.322 e. The fraction of sp³-hybridized carbons (Fsp3) is 0.600. The highest BCUT2D eigenvalue weighted by Crippen LogP contribution is 2.37. The van der Waals surface area contributed by atoms with Gasteiger partial charge in [-0.15, -0.1) is 0 Å². The zero-order valence-corrected chi connectivity index (χ0v) is 10.9. The number of nitrogens with two attached hydrogens (primary N) is 1.